The number of aromatic carboxylic acids is 1. The second-order valence-corrected chi connectivity index (χ2v) is 4.64. The predicted octanol–water partition coefficient (Wildman–Crippen LogP) is 3.14. The fraction of sp³-hybridized carbons (Fsp3) is 0.286. The van der Waals surface area contributed by atoms with Crippen LogP contribution in [0.15, 0.2) is 30.6 Å². The van der Waals surface area contributed by atoms with Gasteiger partial charge in [-0.1, -0.05) is 12.1 Å². The van der Waals surface area contributed by atoms with Crippen LogP contribution in [-0.2, 0) is 0 Å². The van der Waals surface area contributed by atoms with E-state index in [2.05, 4.69) is 18.9 Å². The number of benzene rings is 1. The van der Waals surface area contributed by atoms with E-state index < -0.39 is 5.97 Å². The number of aryl methyl sites for hydroxylation is 1. The smallest absolute Gasteiger partial charge is 0.335 e. The normalized spacial score (nSPS) is 10.9. The first kappa shape index (κ1) is 12.4. The number of nitrogens with zero attached hydrogens (tertiary/aromatic N) is 2. The average Bonchev–Trinajstić information content (AvgIpc) is 2.78. The largest absolute Gasteiger partial charge is 0.478 e. The van der Waals surface area contributed by atoms with Gasteiger partial charge in [0.05, 0.1) is 11.8 Å². The summed E-state index contributed by atoms with van der Waals surface area (Å²) < 4.78 is 1.86. The summed E-state index contributed by atoms with van der Waals surface area (Å²) in [6, 6.07) is 5.73. The number of carboxylic acid groups (broad SMARTS) is 1. The van der Waals surface area contributed by atoms with Gasteiger partial charge in [-0.2, -0.15) is 5.10 Å². The standard InChI is InChI=1S/C14H16N2O2/c1-9(2)16-8-12(7-15-16)11-5-4-10(3)13(6-11)14(17)18/h4-9H,1-3H3,(H,17,18). The molecule has 1 aromatic carbocycles. The van der Waals surface area contributed by atoms with E-state index in [4.69, 9.17) is 5.11 Å². The zero-order chi connectivity index (χ0) is 13.3. The Labute approximate surface area is 106 Å². The van der Waals surface area contributed by atoms with E-state index in [-0.39, 0.29) is 0 Å². The number of hydrogen-bond donors (Lipinski definition) is 1. The molecule has 0 amide bonds. The Morgan fingerprint density at radius 3 is 2.61 bits per heavy atom. The summed E-state index contributed by atoms with van der Waals surface area (Å²) >= 11 is 0. The fourth-order valence-electron chi connectivity index (χ4n) is 1.80. The molecule has 0 bridgehead atoms. The quantitative estimate of drug-likeness (QED) is 0.902. The molecule has 0 radical (unpaired) electrons. The highest BCUT2D eigenvalue weighted by molar-refractivity contribution is 5.91. The third-order valence-electron chi connectivity index (χ3n) is 2.93. The maximum absolute atomic E-state index is 11.1. The molecular weight excluding hydrogens is 228 g/mol. The van der Waals surface area contributed by atoms with Crippen LogP contribution in [0.5, 0.6) is 0 Å². The van der Waals surface area contributed by atoms with Crippen LogP contribution >= 0.6 is 0 Å². The van der Waals surface area contributed by atoms with Crippen molar-refractivity contribution >= 4 is 5.97 Å². The van der Waals surface area contributed by atoms with E-state index in [9.17, 15) is 4.79 Å². The molecule has 0 saturated heterocycles. The van der Waals surface area contributed by atoms with E-state index in [0.717, 1.165) is 16.7 Å². The molecule has 0 saturated carbocycles. The topological polar surface area (TPSA) is 55.1 Å². The Balaban J connectivity index is 2.44. The molecule has 4 nitrogen and oxygen atoms in total. The molecule has 1 N–H and O–H groups in total. The second kappa shape index (κ2) is 4.64. The Bertz CT molecular complexity index is 585. The molecule has 2 rings (SSSR count). The molecule has 0 atom stereocenters. The van der Waals surface area contributed by atoms with Gasteiger partial charge in [0.2, 0.25) is 0 Å². The van der Waals surface area contributed by atoms with Crippen LogP contribution in [0.3, 0.4) is 0 Å². The summed E-state index contributed by atoms with van der Waals surface area (Å²) in [4.78, 5) is 11.1. The molecular formula is C14H16N2O2. The lowest BCUT2D eigenvalue weighted by Crippen LogP contribution is -2.00. The maximum Gasteiger partial charge on any atom is 0.335 e. The lowest BCUT2D eigenvalue weighted by molar-refractivity contribution is 0.0696. The van der Waals surface area contributed by atoms with Gasteiger partial charge in [0.25, 0.3) is 0 Å². The zero-order valence-corrected chi connectivity index (χ0v) is 10.7. The van der Waals surface area contributed by atoms with E-state index in [1.54, 1.807) is 19.2 Å². The van der Waals surface area contributed by atoms with Crippen LogP contribution in [0.1, 0.15) is 35.8 Å². The summed E-state index contributed by atoms with van der Waals surface area (Å²) in [6.07, 6.45) is 3.69. The highest BCUT2D eigenvalue weighted by Crippen LogP contribution is 2.23. The van der Waals surface area contributed by atoms with Crippen LogP contribution in [0.25, 0.3) is 11.1 Å². The van der Waals surface area contributed by atoms with Crippen LogP contribution < -0.4 is 0 Å². The minimum absolute atomic E-state index is 0.295. The van der Waals surface area contributed by atoms with E-state index >= 15 is 0 Å². The Hall–Kier alpha value is -2.10. The van der Waals surface area contributed by atoms with Gasteiger partial charge in [-0.15, -0.1) is 0 Å². The van der Waals surface area contributed by atoms with Crippen LogP contribution in [0.4, 0.5) is 0 Å². The first-order valence-corrected chi connectivity index (χ1v) is 5.87. The molecule has 1 aromatic heterocycles. The van der Waals surface area contributed by atoms with Crippen molar-refractivity contribution in [3.63, 3.8) is 0 Å². The molecule has 0 spiro atoms. The monoisotopic (exact) mass is 244 g/mol. The Morgan fingerprint density at radius 1 is 1.33 bits per heavy atom. The summed E-state index contributed by atoms with van der Waals surface area (Å²) in [5.41, 5.74) is 2.92. The van der Waals surface area contributed by atoms with E-state index in [1.807, 2.05) is 23.0 Å². The van der Waals surface area contributed by atoms with Crippen molar-refractivity contribution in [2.75, 3.05) is 0 Å². The van der Waals surface area contributed by atoms with Crippen LogP contribution in [0.2, 0.25) is 0 Å². The number of rotatable bonds is 3. The molecule has 2 aromatic rings. The Morgan fingerprint density at radius 2 is 2.06 bits per heavy atom. The highest BCUT2D eigenvalue weighted by Gasteiger charge is 2.10. The number of hydrogen-bond acceptors (Lipinski definition) is 2. The third-order valence-corrected chi connectivity index (χ3v) is 2.93. The first-order chi connectivity index (χ1) is 8.49. The molecule has 0 unspecified atom stereocenters. The summed E-state index contributed by atoms with van der Waals surface area (Å²) in [5.74, 6) is -0.898. The molecule has 0 aliphatic carbocycles. The summed E-state index contributed by atoms with van der Waals surface area (Å²) in [6.45, 7) is 5.90. The van der Waals surface area contributed by atoms with Gasteiger partial charge in [0.1, 0.15) is 0 Å². The van der Waals surface area contributed by atoms with E-state index in [0.29, 0.717) is 11.6 Å². The van der Waals surface area contributed by atoms with Gasteiger partial charge < -0.3 is 5.11 Å². The molecule has 1 heterocycles. The number of aromatic nitrogens is 2. The third kappa shape index (κ3) is 2.27. The number of carbonyl (C=O) groups is 1. The van der Waals surface area contributed by atoms with Crippen LogP contribution in [0, 0.1) is 6.92 Å². The van der Waals surface area contributed by atoms with Crippen molar-refractivity contribution in [1.82, 2.24) is 9.78 Å². The Kier molecular flexibility index (Phi) is 3.19. The van der Waals surface area contributed by atoms with Crippen molar-refractivity contribution in [2.24, 2.45) is 0 Å². The lowest BCUT2D eigenvalue weighted by Gasteiger charge is -2.05. The predicted molar refractivity (Wildman–Crippen MR) is 69.7 cm³/mol. The van der Waals surface area contributed by atoms with Gasteiger partial charge in [-0.05, 0) is 38.0 Å². The minimum atomic E-state index is -0.898. The van der Waals surface area contributed by atoms with Crippen LogP contribution in [-0.4, -0.2) is 20.9 Å². The van der Waals surface area contributed by atoms with Gasteiger partial charge in [0.15, 0.2) is 0 Å². The minimum Gasteiger partial charge on any atom is -0.478 e. The molecule has 18 heavy (non-hydrogen) atoms. The van der Waals surface area contributed by atoms with Gasteiger partial charge in [-0.3, -0.25) is 4.68 Å². The first-order valence-electron chi connectivity index (χ1n) is 5.87. The molecule has 94 valence electrons. The fourth-order valence-corrected chi connectivity index (χ4v) is 1.80. The average molecular weight is 244 g/mol. The lowest BCUT2D eigenvalue weighted by atomic mass is 10.0. The number of carboxylic acids is 1. The highest BCUT2D eigenvalue weighted by atomic mass is 16.4. The van der Waals surface area contributed by atoms with Crippen molar-refractivity contribution < 1.29 is 9.90 Å². The molecule has 0 aliphatic rings. The van der Waals surface area contributed by atoms with Gasteiger partial charge in [0, 0.05) is 17.8 Å². The zero-order valence-electron chi connectivity index (χ0n) is 10.7. The summed E-state index contributed by atoms with van der Waals surface area (Å²) in [5, 5.41) is 13.4. The van der Waals surface area contributed by atoms with Crippen molar-refractivity contribution in [3.05, 3.63) is 41.7 Å². The van der Waals surface area contributed by atoms with Crippen molar-refractivity contribution in [2.45, 2.75) is 26.8 Å². The van der Waals surface area contributed by atoms with Gasteiger partial charge >= 0.3 is 5.97 Å². The van der Waals surface area contributed by atoms with Crippen molar-refractivity contribution in [3.8, 4) is 11.1 Å². The SMILES string of the molecule is Cc1ccc(-c2cnn(C(C)C)c2)cc1C(=O)O. The maximum atomic E-state index is 11.1. The van der Waals surface area contributed by atoms with Gasteiger partial charge in [-0.25, -0.2) is 4.79 Å². The van der Waals surface area contributed by atoms with Crippen molar-refractivity contribution in [1.29, 1.82) is 0 Å². The summed E-state index contributed by atoms with van der Waals surface area (Å²) in [7, 11) is 0. The molecule has 0 fully saturated rings. The molecule has 0 aliphatic heterocycles. The van der Waals surface area contributed by atoms with E-state index in [1.165, 1.54) is 0 Å². The second-order valence-electron chi connectivity index (χ2n) is 4.64. The molecule has 4 heteroatoms.